The van der Waals surface area contributed by atoms with Crippen molar-refractivity contribution in [3.63, 3.8) is 0 Å². The normalized spacial score (nSPS) is 17.7. The summed E-state index contributed by atoms with van der Waals surface area (Å²) in [7, 11) is 1.92. The van der Waals surface area contributed by atoms with Gasteiger partial charge in [-0.2, -0.15) is 5.10 Å². The maximum Gasteiger partial charge on any atom is 0.238 e. The largest absolute Gasteiger partial charge is 0.289 e. The second kappa shape index (κ2) is 6.41. The number of nitrogens with one attached hydrogen (secondary N) is 1. The van der Waals surface area contributed by atoms with Crippen LogP contribution in [0.4, 0.5) is 0 Å². The van der Waals surface area contributed by atoms with Crippen LogP contribution in [0.2, 0.25) is 0 Å². The van der Waals surface area contributed by atoms with Crippen LogP contribution in [0.15, 0.2) is 0 Å². The Morgan fingerprint density at radius 1 is 1.27 bits per heavy atom. The summed E-state index contributed by atoms with van der Waals surface area (Å²) < 4.78 is 1.84. The molecule has 1 fully saturated rings. The maximum absolute atomic E-state index is 12.3. The molecule has 1 aliphatic heterocycles. The zero-order valence-corrected chi connectivity index (χ0v) is 14.9. The first-order valence-corrected chi connectivity index (χ1v) is 8.22. The molecule has 0 bridgehead atoms. The number of carbonyl (C=O) groups is 1. The summed E-state index contributed by atoms with van der Waals surface area (Å²) in [6.07, 6.45) is 2.70. The van der Waals surface area contributed by atoms with Crippen molar-refractivity contribution in [3.8, 4) is 0 Å². The quantitative estimate of drug-likeness (QED) is 0.933. The molecule has 1 saturated heterocycles. The van der Waals surface area contributed by atoms with Gasteiger partial charge in [-0.3, -0.25) is 14.9 Å². The Labute approximate surface area is 134 Å². The van der Waals surface area contributed by atoms with Crippen molar-refractivity contribution in [2.24, 2.45) is 18.4 Å². The smallest absolute Gasteiger partial charge is 0.238 e. The summed E-state index contributed by atoms with van der Waals surface area (Å²) in [5.41, 5.74) is 6.48. The lowest BCUT2D eigenvalue weighted by molar-refractivity contribution is -0.126. The van der Waals surface area contributed by atoms with Crippen LogP contribution in [-0.4, -0.2) is 33.8 Å². The molecule has 2 rings (SSSR count). The molecule has 1 amide bonds. The van der Waals surface area contributed by atoms with E-state index in [1.54, 1.807) is 0 Å². The number of aryl methyl sites for hydroxylation is 2. The zero-order chi connectivity index (χ0) is 16.5. The van der Waals surface area contributed by atoms with Gasteiger partial charge in [0.15, 0.2) is 0 Å². The van der Waals surface area contributed by atoms with Gasteiger partial charge in [0.2, 0.25) is 5.91 Å². The summed E-state index contributed by atoms with van der Waals surface area (Å²) in [5.74, 6) is 0.803. The molecule has 0 aliphatic carbocycles. The molecule has 0 saturated carbocycles. The minimum Gasteiger partial charge on any atom is -0.289 e. The standard InChI is InChI=1S/C17H30N4O/c1-12-15(13(2)20(6)18-12)11-16(22)19-21-9-7-14(8-10-21)17(3,4)5/h14H,7-11H2,1-6H3,(H,19,22). The van der Waals surface area contributed by atoms with Crippen molar-refractivity contribution in [3.05, 3.63) is 17.0 Å². The van der Waals surface area contributed by atoms with Crippen LogP contribution in [0.1, 0.15) is 50.6 Å². The Bertz CT molecular complexity index is 534. The van der Waals surface area contributed by atoms with Gasteiger partial charge in [-0.1, -0.05) is 20.8 Å². The highest BCUT2D eigenvalue weighted by atomic mass is 16.2. The highest BCUT2D eigenvalue weighted by Crippen LogP contribution is 2.33. The van der Waals surface area contributed by atoms with Crippen LogP contribution in [0.3, 0.4) is 0 Å². The van der Waals surface area contributed by atoms with E-state index < -0.39 is 0 Å². The third-order valence-corrected chi connectivity index (χ3v) is 5.00. The van der Waals surface area contributed by atoms with Gasteiger partial charge in [0.1, 0.15) is 0 Å². The van der Waals surface area contributed by atoms with Crippen molar-refractivity contribution >= 4 is 5.91 Å². The van der Waals surface area contributed by atoms with Crippen LogP contribution in [0, 0.1) is 25.2 Å². The van der Waals surface area contributed by atoms with Gasteiger partial charge in [0.25, 0.3) is 0 Å². The molecule has 0 spiro atoms. The summed E-state index contributed by atoms with van der Waals surface area (Å²) in [5, 5.41) is 6.45. The molecule has 5 nitrogen and oxygen atoms in total. The highest BCUT2D eigenvalue weighted by molar-refractivity contribution is 5.78. The first-order chi connectivity index (χ1) is 10.2. The van der Waals surface area contributed by atoms with Gasteiger partial charge in [-0.25, -0.2) is 5.01 Å². The summed E-state index contributed by atoms with van der Waals surface area (Å²) >= 11 is 0. The predicted molar refractivity (Wildman–Crippen MR) is 88.3 cm³/mol. The lowest BCUT2D eigenvalue weighted by Crippen LogP contribution is -2.48. The Morgan fingerprint density at radius 2 is 1.86 bits per heavy atom. The molecule has 5 heteroatoms. The van der Waals surface area contributed by atoms with Gasteiger partial charge in [-0.05, 0) is 38.0 Å². The van der Waals surface area contributed by atoms with Crippen molar-refractivity contribution < 1.29 is 4.79 Å². The number of aromatic nitrogens is 2. The average molecular weight is 306 g/mol. The Hall–Kier alpha value is -1.36. The second-order valence-electron chi connectivity index (χ2n) is 7.61. The van der Waals surface area contributed by atoms with Crippen molar-refractivity contribution in [1.82, 2.24) is 20.2 Å². The number of hydrogen-bond acceptors (Lipinski definition) is 3. The van der Waals surface area contributed by atoms with Crippen molar-refractivity contribution in [2.45, 2.75) is 53.9 Å². The topological polar surface area (TPSA) is 50.2 Å². The third kappa shape index (κ3) is 3.88. The molecule has 0 aromatic carbocycles. The van der Waals surface area contributed by atoms with Crippen LogP contribution in [-0.2, 0) is 18.3 Å². The van der Waals surface area contributed by atoms with Crippen LogP contribution in [0.25, 0.3) is 0 Å². The van der Waals surface area contributed by atoms with Gasteiger partial charge >= 0.3 is 0 Å². The monoisotopic (exact) mass is 306 g/mol. The molecule has 1 aliphatic rings. The van der Waals surface area contributed by atoms with E-state index >= 15 is 0 Å². The maximum atomic E-state index is 12.3. The van der Waals surface area contributed by atoms with Crippen LogP contribution >= 0.6 is 0 Å². The Balaban J connectivity index is 1.86. The van der Waals surface area contributed by atoms with Gasteiger partial charge in [0, 0.05) is 31.4 Å². The van der Waals surface area contributed by atoms with E-state index in [1.807, 2.05) is 25.6 Å². The minimum atomic E-state index is 0.0633. The fourth-order valence-corrected chi connectivity index (χ4v) is 3.31. The number of hydrogen-bond donors (Lipinski definition) is 1. The molecule has 1 aromatic heterocycles. The molecule has 1 aromatic rings. The fraction of sp³-hybridized carbons (Fsp3) is 0.765. The van der Waals surface area contributed by atoms with E-state index in [-0.39, 0.29) is 5.91 Å². The molecular formula is C17H30N4O. The number of piperidine rings is 1. The molecule has 0 radical (unpaired) electrons. The Morgan fingerprint density at radius 3 is 2.32 bits per heavy atom. The van der Waals surface area contributed by atoms with Gasteiger partial charge in [0.05, 0.1) is 12.1 Å². The van der Waals surface area contributed by atoms with E-state index in [9.17, 15) is 4.79 Å². The summed E-state index contributed by atoms with van der Waals surface area (Å²) in [6.45, 7) is 12.8. The van der Waals surface area contributed by atoms with Gasteiger partial charge in [-0.15, -0.1) is 0 Å². The fourth-order valence-electron chi connectivity index (χ4n) is 3.31. The molecule has 0 atom stereocenters. The summed E-state index contributed by atoms with van der Waals surface area (Å²) in [6, 6.07) is 0. The van der Waals surface area contributed by atoms with E-state index in [0.29, 0.717) is 11.8 Å². The van der Waals surface area contributed by atoms with Crippen molar-refractivity contribution in [1.29, 1.82) is 0 Å². The molecule has 22 heavy (non-hydrogen) atoms. The number of carbonyl (C=O) groups excluding carboxylic acids is 1. The number of hydrazine groups is 1. The first kappa shape index (κ1) is 17.0. The highest BCUT2D eigenvalue weighted by Gasteiger charge is 2.29. The van der Waals surface area contributed by atoms with E-state index in [4.69, 9.17) is 0 Å². The lowest BCUT2D eigenvalue weighted by Gasteiger charge is -2.38. The molecular weight excluding hydrogens is 276 g/mol. The van der Waals surface area contributed by atoms with E-state index in [0.717, 1.165) is 48.8 Å². The van der Waals surface area contributed by atoms with E-state index in [1.165, 1.54) is 0 Å². The molecule has 124 valence electrons. The number of amides is 1. The number of nitrogens with zero attached hydrogens (tertiary/aromatic N) is 3. The molecule has 2 heterocycles. The van der Waals surface area contributed by atoms with Crippen molar-refractivity contribution in [2.75, 3.05) is 13.1 Å². The summed E-state index contributed by atoms with van der Waals surface area (Å²) in [4.78, 5) is 12.3. The average Bonchev–Trinajstić information content (AvgIpc) is 2.65. The molecule has 1 N–H and O–H groups in total. The van der Waals surface area contributed by atoms with Crippen LogP contribution < -0.4 is 5.43 Å². The Kier molecular flexibility index (Phi) is 4.95. The van der Waals surface area contributed by atoms with Gasteiger partial charge < -0.3 is 0 Å². The SMILES string of the molecule is Cc1nn(C)c(C)c1CC(=O)NN1CCC(C(C)(C)C)CC1. The van der Waals surface area contributed by atoms with E-state index in [2.05, 4.69) is 36.3 Å². The second-order valence-corrected chi connectivity index (χ2v) is 7.61. The zero-order valence-electron chi connectivity index (χ0n) is 14.9. The lowest BCUT2D eigenvalue weighted by atomic mass is 9.75. The third-order valence-electron chi connectivity index (χ3n) is 5.00. The first-order valence-electron chi connectivity index (χ1n) is 8.22. The molecule has 0 unspecified atom stereocenters. The number of rotatable bonds is 3. The van der Waals surface area contributed by atoms with Crippen LogP contribution in [0.5, 0.6) is 0 Å². The predicted octanol–water partition coefficient (Wildman–Crippen LogP) is 2.37. The minimum absolute atomic E-state index is 0.0633.